The summed E-state index contributed by atoms with van der Waals surface area (Å²) >= 11 is 8.27. The predicted molar refractivity (Wildman–Crippen MR) is 141 cm³/mol. The molecule has 3 aromatic rings. The highest BCUT2D eigenvalue weighted by Crippen LogP contribution is 2.43. The number of thioether (sulfide) groups is 1. The Morgan fingerprint density at radius 1 is 1.09 bits per heavy atom. The van der Waals surface area contributed by atoms with E-state index in [1.54, 1.807) is 20.3 Å². The number of hydrogen-bond acceptors (Lipinski definition) is 8. The molecule has 7 nitrogen and oxygen atoms in total. The van der Waals surface area contributed by atoms with Crippen LogP contribution >= 0.6 is 23.4 Å². The maximum absolute atomic E-state index is 6.76. The van der Waals surface area contributed by atoms with E-state index in [4.69, 9.17) is 31.0 Å². The highest BCUT2D eigenvalue weighted by atomic mass is 35.5. The minimum atomic E-state index is 0.505. The summed E-state index contributed by atoms with van der Waals surface area (Å²) in [6.07, 6.45) is 8.70. The van der Waals surface area contributed by atoms with Crippen molar-refractivity contribution in [2.24, 2.45) is 0 Å². The van der Waals surface area contributed by atoms with Crippen LogP contribution in [0.15, 0.2) is 23.5 Å². The number of likely N-dealkylation sites (tertiary alicyclic amines) is 1. The minimum absolute atomic E-state index is 0.505. The highest BCUT2D eigenvalue weighted by molar-refractivity contribution is 7.98. The summed E-state index contributed by atoms with van der Waals surface area (Å²) in [7, 11) is 3.24. The van der Waals surface area contributed by atoms with E-state index in [9.17, 15) is 0 Å². The number of pyridine rings is 1. The van der Waals surface area contributed by atoms with Gasteiger partial charge >= 0.3 is 0 Å². The van der Waals surface area contributed by atoms with E-state index in [2.05, 4.69) is 15.2 Å². The Bertz CT molecular complexity index is 1130. The standard InChI is InChI=1S/C25H32ClN5O2S/c1-16-19(32-2)14-20(33-3)22(26)21(16)18-13-17-15-28-25(34-4)30-23(17)24(29-18)27-9-5-6-10-31-11-7-8-12-31/h13-15H,5-12H2,1-4H3,(H,27,29). The first-order chi connectivity index (χ1) is 16.5. The van der Waals surface area contributed by atoms with Crippen LogP contribution in [0, 0.1) is 6.92 Å². The molecule has 34 heavy (non-hydrogen) atoms. The Hall–Kier alpha value is -2.29. The molecule has 1 fully saturated rings. The molecule has 0 aliphatic carbocycles. The number of ether oxygens (including phenoxy) is 2. The van der Waals surface area contributed by atoms with Gasteiger partial charge in [-0.2, -0.15) is 0 Å². The predicted octanol–water partition coefficient (Wildman–Crippen LogP) is 5.68. The molecule has 1 aliphatic heterocycles. The van der Waals surface area contributed by atoms with Gasteiger partial charge in [0.2, 0.25) is 0 Å². The van der Waals surface area contributed by atoms with Crippen LogP contribution in [0.5, 0.6) is 11.5 Å². The number of methoxy groups -OCH3 is 2. The number of fused-ring (bicyclic) bond motifs is 1. The number of aromatic nitrogens is 3. The lowest BCUT2D eigenvalue weighted by Gasteiger charge is -2.17. The molecular formula is C25H32ClN5O2S. The van der Waals surface area contributed by atoms with Crippen LogP contribution in [-0.4, -0.2) is 66.5 Å². The zero-order valence-electron chi connectivity index (χ0n) is 20.3. The van der Waals surface area contributed by atoms with Crippen molar-refractivity contribution in [1.29, 1.82) is 0 Å². The number of rotatable bonds is 10. The summed E-state index contributed by atoms with van der Waals surface area (Å²) in [5.41, 5.74) is 3.22. The molecule has 0 amide bonds. The lowest BCUT2D eigenvalue weighted by molar-refractivity contribution is 0.331. The summed E-state index contributed by atoms with van der Waals surface area (Å²) in [6, 6.07) is 3.78. The quantitative estimate of drug-likeness (QED) is 0.216. The first-order valence-electron chi connectivity index (χ1n) is 11.6. The van der Waals surface area contributed by atoms with Gasteiger partial charge in [0.25, 0.3) is 0 Å². The van der Waals surface area contributed by atoms with Gasteiger partial charge in [-0.3, -0.25) is 0 Å². The van der Waals surface area contributed by atoms with Gasteiger partial charge in [-0.25, -0.2) is 15.0 Å². The second-order valence-corrected chi connectivity index (χ2v) is 9.58. The van der Waals surface area contributed by atoms with Crippen LogP contribution in [0.4, 0.5) is 5.82 Å². The number of nitrogens with one attached hydrogen (secondary N) is 1. The Balaban J connectivity index is 1.67. The Morgan fingerprint density at radius 2 is 1.85 bits per heavy atom. The molecule has 182 valence electrons. The fraction of sp³-hybridized carbons (Fsp3) is 0.480. The van der Waals surface area contributed by atoms with Gasteiger partial charge in [0.15, 0.2) is 11.0 Å². The van der Waals surface area contributed by atoms with Crippen LogP contribution in [0.3, 0.4) is 0 Å². The zero-order chi connectivity index (χ0) is 24.1. The molecular weight excluding hydrogens is 470 g/mol. The molecule has 0 unspecified atom stereocenters. The van der Waals surface area contributed by atoms with Crippen LogP contribution in [0.1, 0.15) is 31.2 Å². The van der Waals surface area contributed by atoms with Crippen molar-refractivity contribution in [2.75, 3.05) is 52.0 Å². The van der Waals surface area contributed by atoms with E-state index in [0.717, 1.165) is 64.6 Å². The first-order valence-corrected chi connectivity index (χ1v) is 13.3. The topological polar surface area (TPSA) is 72.4 Å². The largest absolute Gasteiger partial charge is 0.496 e. The van der Waals surface area contributed by atoms with Crippen LogP contribution < -0.4 is 14.8 Å². The first kappa shape index (κ1) is 24.8. The van der Waals surface area contributed by atoms with Gasteiger partial charge in [-0.15, -0.1) is 0 Å². The second kappa shape index (κ2) is 11.4. The van der Waals surface area contributed by atoms with E-state index in [1.807, 2.05) is 25.4 Å². The van der Waals surface area contributed by atoms with Gasteiger partial charge in [-0.1, -0.05) is 23.4 Å². The minimum Gasteiger partial charge on any atom is -0.496 e. The van der Waals surface area contributed by atoms with Crippen molar-refractivity contribution in [2.45, 2.75) is 37.8 Å². The van der Waals surface area contributed by atoms with Gasteiger partial charge in [0.1, 0.15) is 17.0 Å². The molecule has 0 radical (unpaired) electrons. The van der Waals surface area contributed by atoms with Gasteiger partial charge in [0.05, 0.1) is 24.9 Å². The lowest BCUT2D eigenvalue weighted by atomic mass is 10.0. The van der Waals surface area contributed by atoms with Crippen molar-refractivity contribution in [3.05, 3.63) is 28.9 Å². The Kier molecular flexibility index (Phi) is 8.34. The molecule has 9 heteroatoms. The van der Waals surface area contributed by atoms with Gasteiger partial charge in [0, 0.05) is 35.3 Å². The molecule has 1 N–H and O–H groups in total. The fourth-order valence-corrected chi connectivity index (χ4v) is 5.12. The zero-order valence-corrected chi connectivity index (χ0v) is 21.9. The van der Waals surface area contributed by atoms with Crippen molar-refractivity contribution >= 4 is 40.1 Å². The van der Waals surface area contributed by atoms with E-state index < -0.39 is 0 Å². The molecule has 2 aromatic heterocycles. The van der Waals surface area contributed by atoms with Crippen LogP contribution in [0.2, 0.25) is 5.02 Å². The van der Waals surface area contributed by atoms with Gasteiger partial charge in [-0.05, 0) is 64.6 Å². The fourth-order valence-electron chi connectivity index (χ4n) is 4.41. The highest BCUT2D eigenvalue weighted by Gasteiger charge is 2.20. The molecule has 0 atom stereocenters. The number of halogens is 1. The van der Waals surface area contributed by atoms with Crippen LogP contribution in [-0.2, 0) is 0 Å². The molecule has 1 aromatic carbocycles. The van der Waals surface area contributed by atoms with E-state index in [-0.39, 0.29) is 0 Å². The van der Waals surface area contributed by atoms with Crippen molar-refractivity contribution < 1.29 is 9.47 Å². The Morgan fingerprint density at radius 3 is 2.56 bits per heavy atom. The Labute approximate surface area is 210 Å². The average molecular weight is 502 g/mol. The lowest BCUT2D eigenvalue weighted by Crippen LogP contribution is -2.21. The summed E-state index contributed by atoms with van der Waals surface area (Å²) in [5, 5.41) is 5.66. The molecule has 3 heterocycles. The third-order valence-corrected chi connectivity index (χ3v) is 7.19. The smallest absolute Gasteiger partial charge is 0.187 e. The maximum Gasteiger partial charge on any atom is 0.187 e. The van der Waals surface area contributed by atoms with Crippen molar-refractivity contribution in [3.8, 4) is 22.8 Å². The summed E-state index contributed by atoms with van der Waals surface area (Å²) < 4.78 is 11.1. The monoisotopic (exact) mass is 501 g/mol. The molecule has 0 spiro atoms. The normalized spacial score (nSPS) is 14.0. The second-order valence-electron chi connectivity index (χ2n) is 8.43. The maximum atomic E-state index is 6.76. The number of unbranched alkanes of at least 4 members (excludes halogenated alkanes) is 1. The summed E-state index contributed by atoms with van der Waals surface area (Å²) in [5.74, 6) is 1.98. The molecule has 1 saturated heterocycles. The number of benzene rings is 1. The summed E-state index contributed by atoms with van der Waals surface area (Å²) in [6.45, 7) is 6.43. The van der Waals surface area contributed by atoms with E-state index >= 15 is 0 Å². The molecule has 1 aliphatic rings. The molecule has 4 rings (SSSR count). The third kappa shape index (κ3) is 5.34. The number of hydrogen-bond donors (Lipinski definition) is 1. The SMILES string of the molecule is COc1cc(OC)c(Cl)c(-c2cc3cnc(SC)nc3c(NCCCCN3CCCC3)n2)c1C. The van der Waals surface area contributed by atoms with Gasteiger partial charge < -0.3 is 19.7 Å². The molecule has 0 bridgehead atoms. The van der Waals surface area contributed by atoms with Crippen molar-refractivity contribution in [1.82, 2.24) is 19.9 Å². The average Bonchev–Trinajstić information content (AvgIpc) is 3.37. The number of anilines is 1. The summed E-state index contributed by atoms with van der Waals surface area (Å²) in [4.78, 5) is 16.7. The van der Waals surface area contributed by atoms with Crippen molar-refractivity contribution in [3.63, 3.8) is 0 Å². The third-order valence-electron chi connectivity index (χ3n) is 6.26. The molecule has 0 saturated carbocycles. The van der Waals surface area contributed by atoms with E-state index in [1.165, 1.54) is 37.7 Å². The number of nitrogens with zero attached hydrogens (tertiary/aromatic N) is 4. The van der Waals surface area contributed by atoms with Crippen LogP contribution in [0.25, 0.3) is 22.2 Å². The van der Waals surface area contributed by atoms with E-state index in [0.29, 0.717) is 16.5 Å².